The Morgan fingerprint density at radius 3 is 2.79 bits per heavy atom. The first-order valence-corrected chi connectivity index (χ1v) is 4.83. The van der Waals surface area contributed by atoms with Crippen molar-refractivity contribution in [3.8, 4) is 0 Å². The number of nitrogens with one attached hydrogen (secondary N) is 1. The molecule has 4 N–H and O–H groups in total. The van der Waals surface area contributed by atoms with Crippen molar-refractivity contribution in [3.05, 3.63) is 17.3 Å². The zero-order valence-electron chi connectivity index (χ0n) is 7.63. The Morgan fingerprint density at radius 1 is 1.57 bits per heavy atom. The summed E-state index contributed by atoms with van der Waals surface area (Å²) >= 11 is 5.75. The molecule has 5 heteroatoms. The van der Waals surface area contributed by atoms with Gasteiger partial charge in [0.25, 0.3) is 0 Å². The van der Waals surface area contributed by atoms with Gasteiger partial charge >= 0.3 is 0 Å². The maximum absolute atomic E-state index is 9.10. The summed E-state index contributed by atoms with van der Waals surface area (Å²) in [6.45, 7) is 0.112. The molecule has 0 unspecified atom stereocenters. The van der Waals surface area contributed by atoms with Gasteiger partial charge in [0.1, 0.15) is 11.0 Å². The molecule has 2 rings (SSSR count). The second-order valence-corrected chi connectivity index (χ2v) is 4.06. The van der Waals surface area contributed by atoms with E-state index in [2.05, 4.69) is 10.3 Å². The van der Waals surface area contributed by atoms with Crippen molar-refractivity contribution in [2.45, 2.75) is 18.4 Å². The molecule has 1 saturated carbocycles. The summed E-state index contributed by atoms with van der Waals surface area (Å²) in [6.07, 6.45) is 1.91. The van der Waals surface area contributed by atoms with Crippen molar-refractivity contribution in [1.29, 1.82) is 0 Å². The predicted octanol–water partition coefficient (Wildman–Crippen LogP) is 1.25. The first-order valence-electron chi connectivity index (χ1n) is 4.46. The number of rotatable bonds is 3. The van der Waals surface area contributed by atoms with Crippen molar-refractivity contribution < 1.29 is 5.11 Å². The average molecular weight is 214 g/mol. The highest BCUT2D eigenvalue weighted by atomic mass is 35.5. The quantitative estimate of drug-likeness (QED) is 0.661. The molecule has 14 heavy (non-hydrogen) atoms. The van der Waals surface area contributed by atoms with Crippen molar-refractivity contribution in [1.82, 2.24) is 4.98 Å². The molecule has 0 amide bonds. The van der Waals surface area contributed by atoms with E-state index in [1.807, 2.05) is 0 Å². The maximum Gasteiger partial charge on any atom is 0.133 e. The van der Waals surface area contributed by atoms with Crippen LogP contribution in [0.5, 0.6) is 0 Å². The number of hydrogen-bond acceptors (Lipinski definition) is 4. The summed E-state index contributed by atoms with van der Waals surface area (Å²) in [5.74, 6) is 0.626. The summed E-state index contributed by atoms with van der Waals surface area (Å²) in [6, 6.07) is 3.30. The molecule has 0 aromatic carbocycles. The summed E-state index contributed by atoms with van der Waals surface area (Å²) in [5, 5.41) is 12.6. The third-order valence-electron chi connectivity index (χ3n) is 2.37. The molecule has 0 saturated heterocycles. The molecule has 0 atom stereocenters. The van der Waals surface area contributed by atoms with Crippen molar-refractivity contribution in [2.75, 3.05) is 17.7 Å². The van der Waals surface area contributed by atoms with E-state index < -0.39 is 0 Å². The molecule has 0 spiro atoms. The number of aliphatic hydroxyl groups excluding tert-OH is 1. The van der Waals surface area contributed by atoms with Gasteiger partial charge in [-0.15, -0.1) is 0 Å². The topological polar surface area (TPSA) is 71.2 Å². The number of nitrogens with two attached hydrogens (primary N) is 1. The Kier molecular flexibility index (Phi) is 2.25. The van der Waals surface area contributed by atoms with Gasteiger partial charge < -0.3 is 16.2 Å². The van der Waals surface area contributed by atoms with Crippen LogP contribution in [0.1, 0.15) is 12.8 Å². The molecule has 1 aliphatic carbocycles. The van der Waals surface area contributed by atoms with Crippen LogP contribution in [-0.4, -0.2) is 22.2 Å². The number of hydrogen-bond donors (Lipinski definition) is 3. The zero-order valence-corrected chi connectivity index (χ0v) is 8.38. The Bertz CT molecular complexity index is 332. The molecule has 1 aromatic heterocycles. The van der Waals surface area contributed by atoms with Gasteiger partial charge in [-0.3, -0.25) is 0 Å². The lowest BCUT2D eigenvalue weighted by molar-refractivity contribution is 0.266. The summed E-state index contributed by atoms with van der Waals surface area (Å²) in [7, 11) is 0. The van der Waals surface area contributed by atoms with E-state index >= 15 is 0 Å². The van der Waals surface area contributed by atoms with E-state index in [1.165, 1.54) is 0 Å². The van der Waals surface area contributed by atoms with Gasteiger partial charge in [0, 0.05) is 11.8 Å². The van der Waals surface area contributed by atoms with E-state index in [0.29, 0.717) is 16.7 Å². The van der Waals surface area contributed by atoms with Gasteiger partial charge in [-0.2, -0.15) is 0 Å². The highest BCUT2D eigenvalue weighted by Gasteiger charge is 2.42. The molecule has 0 aliphatic heterocycles. The van der Waals surface area contributed by atoms with Crippen molar-refractivity contribution in [2.24, 2.45) is 0 Å². The van der Waals surface area contributed by atoms with Crippen LogP contribution in [0.25, 0.3) is 0 Å². The SMILES string of the molecule is Nc1cc(Cl)nc(NC2(CO)CC2)c1. The second kappa shape index (κ2) is 3.29. The van der Waals surface area contributed by atoms with Gasteiger partial charge in [0.05, 0.1) is 12.1 Å². The number of anilines is 2. The third-order valence-corrected chi connectivity index (χ3v) is 2.56. The zero-order chi connectivity index (χ0) is 10.2. The fourth-order valence-electron chi connectivity index (χ4n) is 1.33. The van der Waals surface area contributed by atoms with Gasteiger partial charge in [-0.1, -0.05) is 11.6 Å². The van der Waals surface area contributed by atoms with E-state index in [9.17, 15) is 0 Å². The Labute approximate surface area is 87.1 Å². The average Bonchev–Trinajstić information content (AvgIpc) is 2.83. The lowest BCUT2D eigenvalue weighted by Crippen LogP contribution is -2.26. The van der Waals surface area contributed by atoms with Crippen LogP contribution in [-0.2, 0) is 0 Å². The maximum atomic E-state index is 9.10. The van der Waals surface area contributed by atoms with Crippen LogP contribution >= 0.6 is 11.6 Å². The van der Waals surface area contributed by atoms with Crippen LogP contribution in [0.15, 0.2) is 12.1 Å². The predicted molar refractivity (Wildman–Crippen MR) is 56.3 cm³/mol. The smallest absolute Gasteiger partial charge is 0.133 e. The van der Waals surface area contributed by atoms with E-state index in [4.69, 9.17) is 22.4 Å². The molecular formula is C9H12ClN3O. The van der Waals surface area contributed by atoms with Crippen LogP contribution in [0.4, 0.5) is 11.5 Å². The lowest BCUT2D eigenvalue weighted by atomic mass is 10.3. The van der Waals surface area contributed by atoms with Gasteiger partial charge in [0.15, 0.2) is 0 Å². The fourth-order valence-corrected chi connectivity index (χ4v) is 1.54. The van der Waals surface area contributed by atoms with E-state index in [-0.39, 0.29) is 12.1 Å². The molecule has 0 bridgehead atoms. The number of pyridine rings is 1. The number of aromatic nitrogens is 1. The normalized spacial score (nSPS) is 17.9. The Hall–Kier alpha value is -1.00. The second-order valence-electron chi connectivity index (χ2n) is 3.67. The van der Waals surface area contributed by atoms with Crippen LogP contribution in [0.2, 0.25) is 5.15 Å². The van der Waals surface area contributed by atoms with Crippen LogP contribution in [0.3, 0.4) is 0 Å². The fraction of sp³-hybridized carbons (Fsp3) is 0.444. The minimum Gasteiger partial charge on any atom is -0.399 e. The summed E-state index contributed by atoms with van der Waals surface area (Å²) in [5.41, 5.74) is 5.99. The third kappa shape index (κ3) is 1.91. The monoisotopic (exact) mass is 213 g/mol. The molecule has 1 aliphatic rings. The highest BCUT2D eigenvalue weighted by Crippen LogP contribution is 2.38. The summed E-state index contributed by atoms with van der Waals surface area (Å²) in [4.78, 5) is 4.07. The summed E-state index contributed by atoms with van der Waals surface area (Å²) < 4.78 is 0. The van der Waals surface area contributed by atoms with Gasteiger partial charge in [-0.25, -0.2) is 4.98 Å². The molecule has 76 valence electrons. The first-order chi connectivity index (χ1) is 6.63. The first kappa shape index (κ1) is 9.55. The van der Waals surface area contributed by atoms with Crippen LogP contribution < -0.4 is 11.1 Å². The Balaban J connectivity index is 2.16. The number of aliphatic hydroxyl groups is 1. The number of nitrogens with zero attached hydrogens (tertiary/aromatic N) is 1. The highest BCUT2D eigenvalue weighted by molar-refractivity contribution is 6.29. The largest absolute Gasteiger partial charge is 0.399 e. The van der Waals surface area contributed by atoms with Crippen molar-refractivity contribution >= 4 is 23.1 Å². The van der Waals surface area contributed by atoms with Crippen molar-refractivity contribution in [3.63, 3.8) is 0 Å². The lowest BCUT2D eigenvalue weighted by Gasteiger charge is -2.15. The molecule has 1 aromatic rings. The Morgan fingerprint density at radius 2 is 2.29 bits per heavy atom. The molecule has 1 fully saturated rings. The molecule has 1 heterocycles. The molecule has 0 radical (unpaired) electrons. The van der Waals surface area contributed by atoms with E-state index in [1.54, 1.807) is 12.1 Å². The molecule has 4 nitrogen and oxygen atoms in total. The minimum atomic E-state index is -0.190. The van der Waals surface area contributed by atoms with Gasteiger partial charge in [-0.05, 0) is 18.9 Å². The van der Waals surface area contributed by atoms with Gasteiger partial charge in [0.2, 0.25) is 0 Å². The minimum absolute atomic E-state index is 0.112. The number of nitrogen functional groups attached to an aromatic ring is 1. The number of halogens is 1. The molecular weight excluding hydrogens is 202 g/mol. The van der Waals surface area contributed by atoms with E-state index in [0.717, 1.165) is 12.8 Å². The standard InChI is InChI=1S/C9H12ClN3O/c10-7-3-6(11)4-8(12-7)13-9(5-14)1-2-9/h3-4,14H,1-2,5H2,(H3,11,12,13). The van der Waals surface area contributed by atoms with Crippen LogP contribution in [0, 0.1) is 0 Å².